The van der Waals surface area contributed by atoms with E-state index in [1.165, 1.54) is 0 Å². The highest BCUT2D eigenvalue weighted by atomic mass is 16.5. The van der Waals surface area contributed by atoms with Crippen LogP contribution in [0.3, 0.4) is 0 Å². The maximum absolute atomic E-state index is 8.98. The van der Waals surface area contributed by atoms with E-state index in [0.29, 0.717) is 18.0 Å². The van der Waals surface area contributed by atoms with Crippen molar-refractivity contribution in [2.75, 3.05) is 7.11 Å². The van der Waals surface area contributed by atoms with Gasteiger partial charge in [-0.3, -0.25) is 0 Å². The Labute approximate surface area is 113 Å². The lowest BCUT2D eigenvalue weighted by Crippen LogP contribution is -2.07. The minimum atomic E-state index is 0.361. The van der Waals surface area contributed by atoms with E-state index in [2.05, 4.69) is 29.5 Å². The van der Waals surface area contributed by atoms with Gasteiger partial charge in [0, 0.05) is 23.9 Å². The standard InChI is InChI=1S/C15H17N3O/c1-11(2)15-17-6-7-18(15)10-13-8-12(9-16)4-5-14(13)19-3/h4-8,11H,10H2,1-3H3. The average Bonchev–Trinajstić information content (AvgIpc) is 2.87. The number of hydrogen-bond acceptors (Lipinski definition) is 3. The Morgan fingerprint density at radius 2 is 2.21 bits per heavy atom. The Morgan fingerprint density at radius 1 is 1.42 bits per heavy atom. The molecule has 4 heteroatoms. The van der Waals surface area contributed by atoms with Crippen LogP contribution in [-0.2, 0) is 6.54 Å². The first-order chi connectivity index (χ1) is 9.15. The van der Waals surface area contributed by atoms with Gasteiger partial charge in [-0.25, -0.2) is 4.98 Å². The molecule has 0 N–H and O–H groups in total. The Morgan fingerprint density at radius 3 is 2.84 bits per heavy atom. The third kappa shape index (κ3) is 2.76. The van der Waals surface area contributed by atoms with Crippen molar-refractivity contribution in [3.63, 3.8) is 0 Å². The van der Waals surface area contributed by atoms with E-state index in [0.717, 1.165) is 17.1 Å². The number of hydrogen-bond donors (Lipinski definition) is 0. The fourth-order valence-corrected chi connectivity index (χ4v) is 2.11. The monoisotopic (exact) mass is 255 g/mol. The van der Waals surface area contributed by atoms with Gasteiger partial charge in [0.1, 0.15) is 11.6 Å². The van der Waals surface area contributed by atoms with E-state index in [1.54, 1.807) is 19.4 Å². The van der Waals surface area contributed by atoms with Crippen molar-refractivity contribution >= 4 is 0 Å². The molecule has 0 radical (unpaired) electrons. The van der Waals surface area contributed by atoms with Crippen LogP contribution >= 0.6 is 0 Å². The molecule has 0 saturated heterocycles. The van der Waals surface area contributed by atoms with Crippen molar-refractivity contribution in [2.24, 2.45) is 0 Å². The van der Waals surface area contributed by atoms with E-state index >= 15 is 0 Å². The number of nitriles is 1. The number of benzene rings is 1. The first-order valence-electron chi connectivity index (χ1n) is 6.23. The fourth-order valence-electron chi connectivity index (χ4n) is 2.11. The molecular formula is C15H17N3O. The zero-order valence-electron chi connectivity index (χ0n) is 11.4. The molecule has 1 aromatic heterocycles. The number of ether oxygens (including phenoxy) is 1. The minimum Gasteiger partial charge on any atom is -0.496 e. The largest absolute Gasteiger partial charge is 0.496 e. The fraction of sp³-hybridized carbons (Fsp3) is 0.333. The van der Waals surface area contributed by atoms with Crippen molar-refractivity contribution in [1.82, 2.24) is 9.55 Å². The Balaban J connectivity index is 2.37. The van der Waals surface area contributed by atoms with E-state index in [1.807, 2.05) is 18.3 Å². The highest BCUT2D eigenvalue weighted by Crippen LogP contribution is 2.22. The maximum Gasteiger partial charge on any atom is 0.123 e. The third-order valence-electron chi connectivity index (χ3n) is 3.01. The summed E-state index contributed by atoms with van der Waals surface area (Å²) in [6, 6.07) is 7.62. The summed E-state index contributed by atoms with van der Waals surface area (Å²) < 4.78 is 7.44. The second-order valence-electron chi connectivity index (χ2n) is 4.71. The highest BCUT2D eigenvalue weighted by Gasteiger charge is 2.10. The molecule has 2 rings (SSSR count). The van der Waals surface area contributed by atoms with Gasteiger partial charge in [-0.1, -0.05) is 13.8 Å². The molecule has 98 valence electrons. The van der Waals surface area contributed by atoms with Crippen LogP contribution < -0.4 is 4.74 Å². The predicted molar refractivity (Wildman–Crippen MR) is 73.1 cm³/mol. The smallest absolute Gasteiger partial charge is 0.123 e. The lowest BCUT2D eigenvalue weighted by molar-refractivity contribution is 0.408. The quantitative estimate of drug-likeness (QED) is 0.844. The second-order valence-corrected chi connectivity index (χ2v) is 4.71. The number of methoxy groups -OCH3 is 1. The normalized spacial score (nSPS) is 10.5. The van der Waals surface area contributed by atoms with Gasteiger partial charge in [0.25, 0.3) is 0 Å². The lowest BCUT2D eigenvalue weighted by Gasteiger charge is -2.13. The molecule has 0 unspecified atom stereocenters. The molecular weight excluding hydrogens is 238 g/mol. The summed E-state index contributed by atoms with van der Waals surface area (Å²) >= 11 is 0. The molecule has 1 heterocycles. The first kappa shape index (κ1) is 13.2. The molecule has 1 aromatic carbocycles. The molecule has 0 saturated carbocycles. The molecule has 0 aliphatic rings. The van der Waals surface area contributed by atoms with Crippen LogP contribution in [0.2, 0.25) is 0 Å². The third-order valence-corrected chi connectivity index (χ3v) is 3.01. The van der Waals surface area contributed by atoms with Crippen LogP contribution in [0.25, 0.3) is 0 Å². The van der Waals surface area contributed by atoms with Gasteiger partial charge >= 0.3 is 0 Å². The zero-order valence-corrected chi connectivity index (χ0v) is 11.4. The molecule has 0 bridgehead atoms. The molecule has 0 amide bonds. The molecule has 19 heavy (non-hydrogen) atoms. The van der Waals surface area contributed by atoms with Crippen LogP contribution in [0.5, 0.6) is 5.75 Å². The summed E-state index contributed by atoms with van der Waals surface area (Å²) in [6.45, 7) is 4.88. The van der Waals surface area contributed by atoms with Gasteiger partial charge in [0.05, 0.1) is 25.3 Å². The van der Waals surface area contributed by atoms with E-state index in [4.69, 9.17) is 10.00 Å². The molecule has 4 nitrogen and oxygen atoms in total. The first-order valence-corrected chi connectivity index (χ1v) is 6.23. The molecule has 0 atom stereocenters. The SMILES string of the molecule is COc1ccc(C#N)cc1Cn1ccnc1C(C)C. The molecule has 0 aliphatic carbocycles. The van der Waals surface area contributed by atoms with Gasteiger partial charge in [0.15, 0.2) is 0 Å². The van der Waals surface area contributed by atoms with E-state index in [-0.39, 0.29) is 0 Å². The summed E-state index contributed by atoms with van der Waals surface area (Å²) in [5.41, 5.74) is 1.63. The molecule has 0 spiro atoms. The van der Waals surface area contributed by atoms with Crippen molar-refractivity contribution < 1.29 is 4.74 Å². The number of imidazole rings is 1. The summed E-state index contributed by atoms with van der Waals surface area (Å²) in [6.07, 6.45) is 3.75. The number of rotatable bonds is 4. The maximum atomic E-state index is 8.98. The van der Waals surface area contributed by atoms with Gasteiger partial charge in [0.2, 0.25) is 0 Å². The highest BCUT2D eigenvalue weighted by molar-refractivity contribution is 5.42. The molecule has 0 fully saturated rings. The van der Waals surface area contributed by atoms with Crippen LogP contribution in [-0.4, -0.2) is 16.7 Å². The average molecular weight is 255 g/mol. The topological polar surface area (TPSA) is 50.8 Å². The Hall–Kier alpha value is -2.28. The Bertz CT molecular complexity index is 608. The van der Waals surface area contributed by atoms with Crippen LogP contribution in [0.1, 0.15) is 36.7 Å². The van der Waals surface area contributed by atoms with Gasteiger partial charge in [-0.15, -0.1) is 0 Å². The number of aromatic nitrogens is 2. The minimum absolute atomic E-state index is 0.361. The second kappa shape index (κ2) is 5.57. The lowest BCUT2D eigenvalue weighted by atomic mass is 10.1. The zero-order chi connectivity index (χ0) is 13.8. The van der Waals surface area contributed by atoms with E-state index < -0.39 is 0 Å². The van der Waals surface area contributed by atoms with Crippen molar-refractivity contribution in [1.29, 1.82) is 5.26 Å². The van der Waals surface area contributed by atoms with Crippen LogP contribution in [0, 0.1) is 11.3 Å². The Kier molecular flexibility index (Phi) is 3.86. The number of nitrogens with zero attached hydrogens (tertiary/aromatic N) is 3. The van der Waals surface area contributed by atoms with Gasteiger partial charge < -0.3 is 9.30 Å². The van der Waals surface area contributed by atoms with Crippen molar-refractivity contribution in [3.05, 3.63) is 47.5 Å². The van der Waals surface area contributed by atoms with Crippen LogP contribution in [0.15, 0.2) is 30.6 Å². The van der Waals surface area contributed by atoms with E-state index in [9.17, 15) is 0 Å². The van der Waals surface area contributed by atoms with Crippen molar-refractivity contribution in [2.45, 2.75) is 26.3 Å². The summed E-state index contributed by atoms with van der Waals surface area (Å²) in [7, 11) is 1.64. The van der Waals surface area contributed by atoms with Crippen molar-refractivity contribution in [3.8, 4) is 11.8 Å². The summed E-state index contributed by atoms with van der Waals surface area (Å²) in [5, 5.41) is 8.98. The molecule has 0 aliphatic heterocycles. The summed E-state index contributed by atoms with van der Waals surface area (Å²) in [4.78, 5) is 4.37. The molecule has 2 aromatic rings. The van der Waals surface area contributed by atoms with Crippen LogP contribution in [0.4, 0.5) is 0 Å². The van der Waals surface area contributed by atoms with Gasteiger partial charge in [-0.05, 0) is 18.2 Å². The summed E-state index contributed by atoms with van der Waals surface area (Å²) in [5.74, 6) is 2.19. The predicted octanol–water partition coefficient (Wildman–Crippen LogP) is 2.94. The van der Waals surface area contributed by atoms with Gasteiger partial charge in [-0.2, -0.15) is 5.26 Å².